The minimum absolute atomic E-state index is 0.427. The number of halogens is 1. The molecule has 72 valence electrons. The van der Waals surface area contributed by atoms with E-state index in [2.05, 4.69) is 19.9 Å². The zero-order chi connectivity index (χ0) is 9.97. The van der Waals surface area contributed by atoms with E-state index in [0.29, 0.717) is 21.8 Å². The Hall–Kier alpha value is -1.07. The Kier molecular flexibility index (Phi) is 2.69. The van der Waals surface area contributed by atoms with E-state index >= 15 is 0 Å². The van der Waals surface area contributed by atoms with Crippen molar-refractivity contribution in [2.24, 2.45) is 0 Å². The lowest BCUT2D eigenvalue weighted by atomic mass is 10.4. The van der Waals surface area contributed by atoms with Crippen molar-refractivity contribution in [3.05, 3.63) is 23.6 Å². The fourth-order valence-electron chi connectivity index (χ4n) is 1.01. The third-order valence-electron chi connectivity index (χ3n) is 1.60. The molecule has 0 aliphatic heterocycles. The first-order valence-electron chi connectivity index (χ1n) is 3.88. The standard InChI is InChI=1S/C8H7ClN4S/c1-14-8-12-5(4-6(9)13-8)7-10-2-3-11-7/h2-4H,1H3,(H,10,11). The predicted octanol–water partition coefficient (Wildman–Crippen LogP) is 2.24. The topological polar surface area (TPSA) is 54.5 Å². The molecule has 0 bridgehead atoms. The summed E-state index contributed by atoms with van der Waals surface area (Å²) in [4.78, 5) is 15.4. The van der Waals surface area contributed by atoms with Crippen molar-refractivity contribution in [3.63, 3.8) is 0 Å². The van der Waals surface area contributed by atoms with Gasteiger partial charge in [0.15, 0.2) is 11.0 Å². The fraction of sp³-hybridized carbons (Fsp3) is 0.125. The summed E-state index contributed by atoms with van der Waals surface area (Å²) >= 11 is 7.29. The molecule has 0 atom stereocenters. The van der Waals surface area contributed by atoms with E-state index in [1.807, 2.05) is 6.26 Å². The zero-order valence-electron chi connectivity index (χ0n) is 7.36. The van der Waals surface area contributed by atoms with Gasteiger partial charge >= 0.3 is 0 Å². The summed E-state index contributed by atoms with van der Waals surface area (Å²) in [6.45, 7) is 0. The van der Waals surface area contributed by atoms with Gasteiger partial charge in [0.05, 0.1) is 0 Å². The van der Waals surface area contributed by atoms with Crippen molar-refractivity contribution in [2.75, 3.05) is 6.26 Å². The molecule has 0 saturated carbocycles. The summed E-state index contributed by atoms with van der Waals surface area (Å²) in [5, 5.41) is 1.07. The summed E-state index contributed by atoms with van der Waals surface area (Å²) in [5.74, 6) is 0.699. The maximum absolute atomic E-state index is 5.84. The van der Waals surface area contributed by atoms with E-state index in [4.69, 9.17) is 11.6 Å². The lowest BCUT2D eigenvalue weighted by Gasteiger charge is -1.99. The highest BCUT2D eigenvalue weighted by Crippen LogP contribution is 2.19. The Bertz CT molecular complexity index is 429. The van der Waals surface area contributed by atoms with E-state index < -0.39 is 0 Å². The highest BCUT2D eigenvalue weighted by molar-refractivity contribution is 7.98. The molecule has 2 rings (SSSR count). The number of hydrogen-bond acceptors (Lipinski definition) is 4. The minimum Gasteiger partial charge on any atom is -0.343 e. The Morgan fingerprint density at radius 1 is 1.43 bits per heavy atom. The molecule has 1 N–H and O–H groups in total. The van der Waals surface area contributed by atoms with Crippen molar-refractivity contribution in [3.8, 4) is 11.5 Å². The van der Waals surface area contributed by atoms with Gasteiger partial charge in [-0.15, -0.1) is 0 Å². The van der Waals surface area contributed by atoms with Crippen LogP contribution in [0.4, 0.5) is 0 Å². The number of thioether (sulfide) groups is 1. The van der Waals surface area contributed by atoms with Crippen molar-refractivity contribution in [1.82, 2.24) is 19.9 Å². The molecule has 2 aromatic rings. The second-order valence-corrected chi connectivity index (χ2v) is 3.66. The Balaban J connectivity index is 2.48. The number of nitrogens with zero attached hydrogens (tertiary/aromatic N) is 3. The predicted molar refractivity (Wildman–Crippen MR) is 56.4 cm³/mol. The van der Waals surface area contributed by atoms with Crippen molar-refractivity contribution < 1.29 is 0 Å². The average molecular weight is 227 g/mol. The number of rotatable bonds is 2. The molecular formula is C8H7ClN4S. The van der Waals surface area contributed by atoms with E-state index in [0.717, 1.165) is 0 Å². The highest BCUT2D eigenvalue weighted by Gasteiger charge is 2.05. The molecule has 0 unspecified atom stereocenters. The van der Waals surface area contributed by atoms with Crippen LogP contribution in [-0.2, 0) is 0 Å². The van der Waals surface area contributed by atoms with Gasteiger partial charge < -0.3 is 4.98 Å². The van der Waals surface area contributed by atoms with E-state index in [1.54, 1.807) is 18.5 Å². The molecule has 0 saturated heterocycles. The Labute approximate surface area is 90.1 Å². The van der Waals surface area contributed by atoms with Gasteiger partial charge in [-0.1, -0.05) is 23.4 Å². The molecule has 0 aromatic carbocycles. The molecule has 2 heterocycles. The lowest BCUT2D eigenvalue weighted by molar-refractivity contribution is 0.968. The van der Waals surface area contributed by atoms with Crippen LogP contribution >= 0.6 is 23.4 Å². The van der Waals surface area contributed by atoms with Crippen LogP contribution in [0, 0.1) is 0 Å². The SMILES string of the molecule is CSc1nc(Cl)cc(-c2ncc[nH]2)n1. The smallest absolute Gasteiger partial charge is 0.189 e. The molecule has 0 amide bonds. The number of imidazole rings is 1. The Morgan fingerprint density at radius 3 is 2.93 bits per heavy atom. The van der Waals surface area contributed by atoms with Crippen molar-refractivity contribution >= 4 is 23.4 Å². The molecule has 0 spiro atoms. The normalized spacial score (nSPS) is 10.4. The molecule has 4 nitrogen and oxygen atoms in total. The molecule has 14 heavy (non-hydrogen) atoms. The van der Waals surface area contributed by atoms with E-state index in [1.165, 1.54) is 11.8 Å². The second-order valence-electron chi connectivity index (χ2n) is 2.50. The van der Waals surface area contributed by atoms with Gasteiger partial charge in [0, 0.05) is 18.5 Å². The van der Waals surface area contributed by atoms with Crippen LogP contribution in [-0.4, -0.2) is 26.2 Å². The summed E-state index contributed by atoms with van der Waals surface area (Å²) in [7, 11) is 0. The van der Waals surface area contributed by atoms with E-state index in [9.17, 15) is 0 Å². The zero-order valence-corrected chi connectivity index (χ0v) is 8.93. The van der Waals surface area contributed by atoms with Crippen molar-refractivity contribution in [1.29, 1.82) is 0 Å². The maximum Gasteiger partial charge on any atom is 0.189 e. The van der Waals surface area contributed by atoms with Crippen LogP contribution in [0.15, 0.2) is 23.6 Å². The van der Waals surface area contributed by atoms with Gasteiger partial charge in [-0.05, 0) is 6.26 Å². The molecule has 0 aliphatic carbocycles. The summed E-state index contributed by atoms with van der Waals surface area (Å²) < 4.78 is 0. The summed E-state index contributed by atoms with van der Waals surface area (Å²) in [6, 6.07) is 1.68. The van der Waals surface area contributed by atoms with Crippen molar-refractivity contribution in [2.45, 2.75) is 5.16 Å². The highest BCUT2D eigenvalue weighted by atomic mass is 35.5. The van der Waals surface area contributed by atoms with Crippen LogP contribution in [0.25, 0.3) is 11.5 Å². The first-order chi connectivity index (χ1) is 6.79. The third kappa shape index (κ3) is 1.88. The lowest BCUT2D eigenvalue weighted by Crippen LogP contribution is -1.91. The largest absolute Gasteiger partial charge is 0.343 e. The third-order valence-corrected chi connectivity index (χ3v) is 2.34. The Morgan fingerprint density at radius 2 is 2.29 bits per heavy atom. The molecule has 2 aromatic heterocycles. The van der Waals surface area contributed by atoms with Crippen LogP contribution in [0.2, 0.25) is 5.15 Å². The van der Waals surface area contributed by atoms with Crippen LogP contribution in [0.5, 0.6) is 0 Å². The van der Waals surface area contributed by atoms with Gasteiger partial charge in [0.1, 0.15) is 10.8 Å². The molecule has 6 heteroatoms. The van der Waals surface area contributed by atoms with Gasteiger partial charge in [0.25, 0.3) is 0 Å². The van der Waals surface area contributed by atoms with Gasteiger partial charge in [-0.25, -0.2) is 15.0 Å². The van der Waals surface area contributed by atoms with Crippen LogP contribution < -0.4 is 0 Å². The molecule has 0 fully saturated rings. The fourth-order valence-corrected chi connectivity index (χ4v) is 1.63. The maximum atomic E-state index is 5.84. The van der Waals surface area contributed by atoms with E-state index in [-0.39, 0.29) is 0 Å². The summed E-state index contributed by atoms with van der Waals surface area (Å²) in [5.41, 5.74) is 0.708. The van der Waals surface area contributed by atoms with Gasteiger partial charge in [-0.2, -0.15) is 0 Å². The molecule has 0 aliphatic rings. The number of aromatic nitrogens is 4. The average Bonchev–Trinajstić information content (AvgIpc) is 2.69. The number of hydrogen-bond donors (Lipinski definition) is 1. The van der Waals surface area contributed by atoms with Crippen LogP contribution in [0.1, 0.15) is 0 Å². The summed E-state index contributed by atoms with van der Waals surface area (Å²) in [6.07, 6.45) is 5.31. The number of nitrogens with one attached hydrogen (secondary N) is 1. The first-order valence-corrected chi connectivity index (χ1v) is 5.48. The number of H-pyrrole nitrogens is 1. The van der Waals surface area contributed by atoms with Crippen LogP contribution in [0.3, 0.4) is 0 Å². The molecular weight excluding hydrogens is 220 g/mol. The second kappa shape index (κ2) is 3.98. The molecule has 0 radical (unpaired) electrons. The minimum atomic E-state index is 0.427. The first kappa shape index (κ1) is 9.48. The monoisotopic (exact) mass is 226 g/mol. The number of aromatic amines is 1. The van der Waals surface area contributed by atoms with Gasteiger partial charge in [-0.3, -0.25) is 0 Å². The quantitative estimate of drug-likeness (QED) is 0.485. The van der Waals surface area contributed by atoms with Gasteiger partial charge in [0.2, 0.25) is 0 Å².